The van der Waals surface area contributed by atoms with E-state index in [9.17, 15) is 0 Å². The molecule has 162 valence electrons. The van der Waals surface area contributed by atoms with Crippen molar-refractivity contribution in [2.75, 3.05) is 0 Å². The van der Waals surface area contributed by atoms with Crippen LogP contribution in [0.4, 0.5) is 0 Å². The van der Waals surface area contributed by atoms with E-state index in [2.05, 4.69) is 115 Å². The van der Waals surface area contributed by atoms with E-state index in [4.69, 9.17) is 9.52 Å². The Morgan fingerprint density at radius 1 is 0.844 bits per heavy atom. The summed E-state index contributed by atoms with van der Waals surface area (Å²) in [6.45, 7) is 6.84. The smallest absolute Gasteiger partial charge is 0.278 e. The molecule has 0 spiro atoms. The molecule has 0 saturated carbocycles. The van der Waals surface area contributed by atoms with Gasteiger partial charge in [-0.15, -0.1) is 0 Å². The maximum absolute atomic E-state index is 7.23. The van der Waals surface area contributed by atoms with Gasteiger partial charge in [-0.1, -0.05) is 83.5 Å². The summed E-state index contributed by atoms with van der Waals surface area (Å²) < 4.78 is 11.6. The van der Waals surface area contributed by atoms with Gasteiger partial charge in [0.15, 0.2) is 8.32 Å². The number of benzene rings is 3. The Morgan fingerprint density at radius 3 is 1.91 bits per heavy atom. The summed E-state index contributed by atoms with van der Waals surface area (Å²) in [5, 5.41) is 4.94. The molecule has 5 heteroatoms. The second-order valence-electron chi connectivity index (χ2n) is 9.46. The lowest BCUT2D eigenvalue weighted by molar-refractivity contribution is -0.730. The number of nitrogens with zero attached hydrogens (tertiary/aromatic N) is 3. The van der Waals surface area contributed by atoms with E-state index in [1.807, 2.05) is 10.7 Å². The molecular formula is C27H30N3OSi+. The lowest BCUT2D eigenvalue weighted by atomic mass is 9.79. The van der Waals surface area contributed by atoms with Gasteiger partial charge in [0, 0.05) is 11.5 Å². The van der Waals surface area contributed by atoms with Gasteiger partial charge in [-0.05, 0) is 49.3 Å². The Bertz CT molecular complexity index is 1140. The first kappa shape index (κ1) is 20.9. The van der Waals surface area contributed by atoms with Crippen LogP contribution in [0.3, 0.4) is 0 Å². The number of rotatable bonds is 6. The molecule has 1 unspecified atom stereocenters. The summed E-state index contributed by atoms with van der Waals surface area (Å²) in [7, 11) is -1.94. The van der Waals surface area contributed by atoms with Gasteiger partial charge in [0.1, 0.15) is 17.3 Å². The van der Waals surface area contributed by atoms with Crippen molar-refractivity contribution in [2.45, 2.75) is 44.1 Å². The van der Waals surface area contributed by atoms with Gasteiger partial charge in [0.25, 0.3) is 5.82 Å². The summed E-state index contributed by atoms with van der Waals surface area (Å²) in [4.78, 5) is 0. The fourth-order valence-corrected chi connectivity index (χ4v) is 6.26. The van der Waals surface area contributed by atoms with Crippen LogP contribution in [0.25, 0.3) is 5.69 Å². The predicted octanol–water partition coefficient (Wildman–Crippen LogP) is 5.44. The molecule has 0 fully saturated rings. The number of aromatic nitrogens is 3. The second kappa shape index (κ2) is 8.15. The van der Waals surface area contributed by atoms with E-state index in [-0.39, 0.29) is 6.04 Å². The fourth-order valence-electron chi connectivity index (χ4n) is 4.93. The SMILES string of the molecule is C[Si](C)(C)OC(c1ccccc1)(c1ccccc1)C1CCc2nn(-c3ccccc3)c[n+]21. The van der Waals surface area contributed by atoms with Crippen molar-refractivity contribution in [1.82, 2.24) is 9.78 Å². The van der Waals surface area contributed by atoms with E-state index >= 15 is 0 Å². The van der Waals surface area contributed by atoms with Crippen LogP contribution in [0.2, 0.25) is 19.6 Å². The van der Waals surface area contributed by atoms with Gasteiger partial charge in [-0.2, -0.15) is 0 Å². The first-order chi connectivity index (χ1) is 15.5. The number of hydrogen-bond donors (Lipinski definition) is 0. The number of fused-ring (bicyclic) bond motifs is 1. The van der Waals surface area contributed by atoms with Crippen LogP contribution in [-0.4, -0.2) is 18.1 Å². The molecule has 4 nitrogen and oxygen atoms in total. The van der Waals surface area contributed by atoms with Crippen LogP contribution < -0.4 is 4.57 Å². The average molecular weight is 441 g/mol. The van der Waals surface area contributed by atoms with Gasteiger partial charge >= 0.3 is 0 Å². The standard InChI is InChI=1S/C27H30N3OSi/c1-32(2,3)31-27(22-13-7-4-8-14-22,23-15-9-5-10-16-23)25-19-20-26-28-30(21-29(25)26)24-17-11-6-12-18-24/h4-18,21,25H,19-20H2,1-3H3/q+1. The molecular weight excluding hydrogens is 410 g/mol. The highest BCUT2D eigenvalue weighted by Crippen LogP contribution is 2.46. The lowest BCUT2D eigenvalue weighted by Crippen LogP contribution is -2.54. The molecule has 0 amide bonds. The van der Waals surface area contributed by atoms with Crippen molar-refractivity contribution in [2.24, 2.45) is 0 Å². The molecule has 1 aliphatic heterocycles. The van der Waals surface area contributed by atoms with E-state index in [1.54, 1.807) is 0 Å². The monoisotopic (exact) mass is 440 g/mol. The van der Waals surface area contributed by atoms with E-state index in [0.29, 0.717) is 0 Å². The molecule has 1 aliphatic rings. The van der Waals surface area contributed by atoms with Crippen molar-refractivity contribution in [1.29, 1.82) is 0 Å². The fraction of sp³-hybridized carbons (Fsp3) is 0.259. The number of para-hydroxylation sites is 1. The highest BCUT2D eigenvalue weighted by atomic mass is 28.4. The zero-order chi connectivity index (χ0) is 22.2. The van der Waals surface area contributed by atoms with Crippen molar-refractivity contribution in [3.8, 4) is 5.69 Å². The second-order valence-corrected chi connectivity index (χ2v) is 13.9. The van der Waals surface area contributed by atoms with Gasteiger partial charge in [0.05, 0.1) is 0 Å². The highest BCUT2D eigenvalue weighted by molar-refractivity contribution is 6.69. The predicted molar refractivity (Wildman–Crippen MR) is 129 cm³/mol. The molecule has 2 heterocycles. The van der Waals surface area contributed by atoms with Gasteiger partial charge < -0.3 is 4.43 Å². The molecule has 0 bridgehead atoms. The Hall–Kier alpha value is -3.02. The maximum Gasteiger partial charge on any atom is 0.278 e. The first-order valence-corrected chi connectivity index (χ1v) is 14.7. The third kappa shape index (κ3) is 3.72. The van der Waals surface area contributed by atoms with Crippen LogP contribution >= 0.6 is 0 Å². The van der Waals surface area contributed by atoms with Gasteiger partial charge in [-0.3, -0.25) is 0 Å². The zero-order valence-corrected chi connectivity index (χ0v) is 20.0. The summed E-state index contributed by atoms with van der Waals surface area (Å²) >= 11 is 0. The summed E-state index contributed by atoms with van der Waals surface area (Å²) in [6, 6.07) is 31.9. The zero-order valence-electron chi connectivity index (χ0n) is 19.0. The molecule has 3 aromatic carbocycles. The van der Waals surface area contributed by atoms with E-state index in [1.165, 1.54) is 11.1 Å². The Balaban J connectivity index is 1.72. The van der Waals surface area contributed by atoms with Crippen LogP contribution in [-0.2, 0) is 16.4 Å². The van der Waals surface area contributed by atoms with Crippen molar-refractivity contribution >= 4 is 8.32 Å². The molecule has 0 aliphatic carbocycles. The normalized spacial score (nSPS) is 16.2. The minimum Gasteiger partial charge on any atom is -0.401 e. The summed E-state index contributed by atoms with van der Waals surface area (Å²) in [5.74, 6) is 1.11. The molecule has 0 radical (unpaired) electrons. The largest absolute Gasteiger partial charge is 0.401 e. The van der Waals surface area contributed by atoms with Crippen LogP contribution in [0.15, 0.2) is 97.3 Å². The van der Waals surface area contributed by atoms with Crippen molar-refractivity contribution in [3.63, 3.8) is 0 Å². The molecule has 32 heavy (non-hydrogen) atoms. The van der Waals surface area contributed by atoms with Crippen LogP contribution in [0.5, 0.6) is 0 Å². The maximum atomic E-state index is 7.23. The van der Waals surface area contributed by atoms with Crippen LogP contribution in [0, 0.1) is 0 Å². The third-order valence-electron chi connectivity index (χ3n) is 6.09. The number of hydrogen-bond acceptors (Lipinski definition) is 2. The lowest BCUT2D eigenvalue weighted by Gasteiger charge is -2.43. The minimum absolute atomic E-state index is 0.117. The topological polar surface area (TPSA) is 30.9 Å². The highest BCUT2D eigenvalue weighted by Gasteiger charge is 2.52. The van der Waals surface area contributed by atoms with Gasteiger partial charge in [-0.25, -0.2) is 4.57 Å². The quantitative estimate of drug-likeness (QED) is 0.295. The Kier molecular flexibility index (Phi) is 5.31. The molecule has 4 aromatic rings. The van der Waals surface area contributed by atoms with E-state index < -0.39 is 13.9 Å². The van der Waals surface area contributed by atoms with Crippen molar-refractivity contribution < 1.29 is 8.99 Å². The minimum atomic E-state index is -1.94. The average Bonchev–Trinajstić information content (AvgIpc) is 3.40. The Morgan fingerprint density at radius 2 is 1.38 bits per heavy atom. The molecule has 0 N–H and O–H groups in total. The molecule has 0 saturated heterocycles. The molecule has 5 rings (SSSR count). The van der Waals surface area contributed by atoms with Crippen LogP contribution in [0.1, 0.15) is 29.4 Å². The summed E-state index contributed by atoms with van der Waals surface area (Å²) in [6.07, 6.45) is 4.07. The Labute approximate surface area is 191 Å². The first-order valence-electron chi connectivity index (χ1n) is 11.3. The molecule has 1 atom stereocenters. The summed E-state index contributed by atoms with van der Waals surface area (Å²) in [5.41, 5.74) is 2.90. The molecule has 1 aromatic heterocycles. The number of aryl methyl sites for hydroxylation is 1. The third-order valence-corrected chi connectivity index (χ3v) is 7.03. The van der Waals surface area contributed by atoms with E-state index in [0.717, 1.165) is 24.4 Å². The van der Waals surface area contributed by atoms with Crippen molar-refractivity contribution in [3.05, 3.63) is 114 Å². The van der Waals surface area contributed by atoms with Gasteiger partial charge in [0.2, 0.25) is 6.33 Å².